The summed E-state index contributed by atoms with van der Waals surface area (Å²) in [6, 6.07) is 0. The monoisotopic (exact) mass is 188 g/mol. The molecule has 0 fully saturated rings. The number of allylic oxidation sites excluding steroid dienone is 1. The zero-order chi connectivity index (χ0) is 5.91. The molecule has 5 heteroatoms. The fraction of sp³-hybridized carbons (Fsp3) is 0.333. The van der Waals surface area contributed by atoms with Crippen LogP contribution in [0.5, 0.6) is 0 Å². The van der Waals surface area contributed by atoms with E-state index in [2.05, 4.69) is 6.58 Å². The molecule has 0 aromatic heterocycles. The van der Waals surface area contributed by atoms with Gasteiger partial charge in [0, 0.05) is 0 Å². The van der Waals surface area contributed by atoms with Crippen LogP contribution in [0.25, 0.3) is 0 Å². The van der Waals surface area contributed by atoms with E-state index in [0.717, 1.165) is 6.08 Å². The molecule has 0 aliphatic rings. The van der Waals surface area contributed by atoms with Crippen LogP contribution in [0.15, 0.2) is 12.7 Å². The molecule has 0 aromatic rings. The summed E-state index contributed by atoms with van der Waals surface area (Å²) in [5, 5.41) is -0.280. The average Bonchev–Trinajstić information content (AvgIpc) is 1.30. The van der Waals surface area contributed by atoms with E-state index in [1.807, 2.05) is 0 Å². The first-order chi connectivity index (χ1) is 3.06. The summed E-state index contributed by atoms with van der Waals surface area (Å²) in [6.07, 6.45) is 1.16. The summed E-state index contributed by atoms with van der Waals surface area (Å²) in [7, 11) is 0. The second-order valence-corrected chi connectivity index (χ2v) is 4.55. The fourth-order valence-electron chi connectivity index (χ4n) is 0.163. The smallest absolute Gasteiger partial charge is 1.00 e. The zero-order valence-electron chi connectivity index (χ0n) is 4.70. The Hall–Kier alpha value is 1.02. The molecule has 8 heavy (non-hydrogen) atoms. The molecule has 0 saturated heterocycles. The molecule has 0 heterocycles. The molecule has 0 amide bonds. The Labute approximate surface area is 73.1 Å². The van der Waals surface area contributed by atoms with Crippen LogP contribution in [0.4, 0.5) is 0 Å². The van der Waals surface area contributed by atoms with E-state index in [9.17, 15) is 7.84 Å². The summed E-state index contributed by atoms with van der Waals surface area (Å²) < 4.78 is 27.6. The Kier molecular flexibility index (Phi) is 7.15. The van der Waals surface area contributed by atoms with E-state index in [0.29, 0.717) is 0 Å². The van der Waals surface area contributed by atoms with Gasteiger partial charge in [0.2, 0.25) is 0 Å². The molecule has 1 atom stereocenters. The second kappa shape index (κ2) is 4.86. The quantitative estimate of drug-likeness (QED) is 0.354. The standard InChI is InChI=1S/C3H7AsO3.Na/c1-2-3-4(5,6)7;/h2H,1,3H2,(H2,5,6,7);/q;+1/p-1. The second-order valence-electron chi connectivity index (χ2n) is 1.11. The summed E-state index contributed by atoms with van der Waals surface area (Å²) in [5.41, 5.74) is 0. The van der Waals surface area contributed by atoms with Crippen LogP contribution in [0.2, 0.25) is 5.21 Å². The number of rotatable bonds is 2. The first kappa shape index (κ1) is 11.8. The maximum atomic E-state index is 9.80. The summed E-state index contributed by atoms with van der Waals surface area (Å²) in [4.78, 5) is 0. The maximum Gasteiger partial charge on any atom is 1.00 e. The van der Waals surface area contributed by atoms with Crippen LogP contribution in [0.1, 0.15) is 0 Å². The third-order valence-electron chi connectivity index (χ3n) is 0.360. The van der Waals surface area contributed by atoms with Crippen LogP contribution in [0, 0.1) is 0 Å². The van der Waals surface area contributed by atoms with Gasteiger partial charge in [-0.05, 0) is 0 Å². The van der Waals surface area contributed by atoms with Crippen molar-refractivity contribution >= 4 is 14.2 Å². The first-order valence-electron chi connectivity index (χ1n) is 1.70. The largest absolute Gasteiger partial charge is 1.00 e. The molecule has 0 spiro atoms. The van der Waals surface area contributed by atoms with Gasteiger partial charge in [0.15, 0.2) is 0 Å². The van der Waals surface area contributed by atoms with Crippen molar-refractivity contribution in [1.29, 1.82) is 0 Å². The van der Waals surface area contributed by atoms with Gasteiger partial charge >= 0.3 is 73.5 Å². The van der Waals surface area contributed by atoms with Gasteiger partial charge in [-0.15, -0.1) is 0 Å². The maximum absolute atomic E-state index is 9.80. The van der Waals surface area contributed by atoms with Gasteiger partial charge in [0.05, 0.1) is 0 Å². The Bertz CT molecular complexity index is 107. The van der Waals surface area contributed by atoms with Gasteiger partial charge in [0.1, 0.15) is 0 Å². The predicted molar refractivity (Wildman–Crippen MR) is 23.7 cm³/mol. The van der Waals surface area contributed by atoms with Gasteiger partial charge in [-0.1, -0.05) is 0 Å². The Morgan fingerprint density at radius 1 is 1.88 bits per heavy atom. The predicted octanol–water partition coefficient (Wildman–Crippen LogP) is -4.10. The molecule has 0 saturated carbocycles. The molecule has 0 aliphatic heterocycles. The van der Waals surface area contributed by atoms with Gasteiger partial charge in [-0.2, -0.15) is 0 Å². The third kappa shape index (κ3) is 10.1. The van der Waals surface area contributed by atoms with Crippen LogP contribution < -0.4 is 33.7 Å². The first-order valence-corrected chi connectivity index (χ1v) is 5.40. The Balaban J connectivity index is 0. The summed E-state index contributed by atoms with van der Waals surface area (Å²) in [5.74, 6) is 0. The SMILES string of the molecule is C=CC[As](=O)([O-])O.[Na+]. The van der Waals surface area contributed by atoms with Crippen LogP contribution in [0.3, 0.4) is 0 Å². The zero-order valence-corrected chi connectivity index (χ0v) is 8.58. The molecule has 1 unspecified atom stereocenters. The minimum Gasteiger partial charge on any atom is 1.00 e. The van der Waals surface area contributed by atoms with Crippen molar-refractivity contribution in [3.8, 4) is 0 Å². The van der Waals surface area contributed by atoms with E-state index < -0.39 is 14.2 Å². The Morgan fingerprint density at radius 2 is 2.25 bits per heavy atom. The van der Waals surface area contributed by atoms with E-state index in [-0.39, 0.29) is 34.8 Å². The van der Waals surface area contributed by atoms with E-state index >= 15 is 0 Å². The van der Waals surface area contributed by atoms with Crippen molar-refractivity contribution in [2.75, 3.05) is 0 Å². The minimum absolute atomic E-state index is 0. The van der Waals surface area contributed by atoms with Crippen molar-refractivity contribution in [3.05, 3.63) is 12.7 Å². The van der Waals surface area contributed by atoms with Crippen molar-refractivity contribution in [1.82, 2.24) is 0 Å². The molecular weight excluding hydrogens is 182 g/mol. The molecule has 1 N–H and O–H groups in total. The molecule has 0 rings (SSSR count). The average molecular weight is 188 g/mol. The van der Waals surface area contributed by atoms with Gasteiger partial charge in [-0.25, -0.2) is 0 Å². The van der Waals surface area contributed by atoms with E-state index in [4.69, 9.17) is 4.10 Å². The van der Waals surface area contributed by atoms with Crippen LogP contribution in [-0.2, 0) is 3.74 Å². The molecule has 42 valence electrons. The Morgan fingerprint density at radius 3 is 2.25 bits per heavy atom. The molecular formula is C3H6AsNaO3. The van der Waals surface area contributed by atoms with Crippen molar-refractivity contribution in [2.45, 2.75) is 5.21 Å². The van der Waals surface area contributed by atoms with Crippen LogP contribution in [-0.4, -0.2) is 18.3 Å². The number of hydrogen-bond donors (Lipinski definition) is 1. The van der Waals surface area contributed by atoms with Gasteiger partial charge in [0.25, 0.3) is 0 Å². The van der Waals surface area contributed by atoms with Gasteiger partial charge < -0.3 is 0 Å². The van der Waals surface area contributed by atoms with E-state index in [1.165, 1.54) is 0 Å². The van der Waals surface area contributed by atoms with E-state index in [1.54, 1.807) is 0 Å². The van der Waals surface area contributed by atoms with Crippen LogP contribution >= 0.6 is 0 Å². The normalized spacial score (nSPS) is 15.8. The molecule has 0 bridgehead atoms. The topological polar surface area (TPSA) is 60.4 Å². The molecule has 0 aliphatic carbocycles. The van der Waals surface area contributed by atoms with Crippen molar-refractivity contribution < 1.29 is 41.5 Å². The third-order valence-corrected chi connectivity index (χ3v) is 1.87. The molecule has 0 radical (unpaired) electrons. The van der Waals surface area contributed by atoms with Gasteiger partial charge in [-0.3, -0.25) is 0 Å². The summed E-state index contributed by atoms with van der Waals surface area (Å²) >= 11 is -4.56. The number of hydrogen-bond acceptors (Lipinski definition) is 2. The minimum atomic E-state index is -4.56. The summed E-state index contributed by atoms with van der Waals surface area (Å²) in [6.45, 7) is 3.13. The fourth-order valence-corrected chi connectivity index (χ4v) is 0.848. The van der Waals surface area contributed by atoms with Crippen molar-refractivity contribution in [3.63, 3.8) is 0 Å². The van der Waals surface area contributed by atoms with Crippen molar-refractivity contribution in [2.24, 2.45) is 0 Å². The molecule has 0 aromatic carbocycles. The molecule has 3 nitrogen and oxygen atoms in total.